The second-order valence-electron chi connectivity index (χ2n) is 7.15. The van der Waals surface area contributed by atoms with Gasteiger partial charge in [-0.1, -0.05) is 0 Å². The Labute approximate surface area is 226 Å². The Hall–Kier alpha value is -0.640. The first-order valence-corrected chi connectivity index (χ1v) is 13.3. The molecule has 0 saturated heterocycles. The van der Waals surface area contributed by atoms with E-state index in [0.29, 0.717) is 138 Å². The molecule has 0 aliphatic carbocycles. The van der Waals surface area contributed by atoms with Crippen molar-refractivity contribution in [1.29, 1.82) is 0 Å². The molecule has 0 bridgehead atoms. The molecule has 0 atom stereocenters. The van der Waals surface area contributed by atoms with Crippen LogP contribution in [-0.2, 0) is 56.9 Å². The summed E-state index contributed by atoms with van der Waals surface area (Å²) in [5.74, 6) is 0.186. The molecule has 0 fully saturated rings. The highest BCUT2D eigenvalue weighted by atomic mass is 35.5. The molecule has 0 N–H and O–H groups in total. The smallest absolute Gasteiger partial charge is 0.302 e. The molecule has 0 aromatic carbocycles. The fourth-order valence-corrected chi connectivity index (χ4v) is 2.49. The number of ether oxygens (including phenoxy) is 11. The molecule has 0 amide bonds. The predicted molar refractivity (Wildman–Crippen MR) is 136 cm³/mol. The van der Waals surface area contributed by atoms with E-state index in [4.69, 9.17) is 63.7 Å². The van der Waals surface area contributed by atoms with Crippen molar-refractivity contribution in [2.45, 2.75) is 6.92 Å². The number of hydrogen-bond acceptors (Lipinski definition) is 12. The summed E-state index contributed by atoms with van der Waals surface area (Å²) in [7, 11) is 0. The van der Waals surface area contributed by atoms with Gasteiger partial charge >= 0.3 is 5.97 Å². The monoisotopic (exact) mass is 562 g/mol. The van der Waals surface area contributed by atoms with Gasteiger partial charge in [-0.2, -0.15) is 0 Å². The maximum atomic E-state index is 10.6. The van der Waals surface area contributed by atoms with E-state index in [0.717, 1.165) is 0 Å². The molecule has 13 heteroatoms. The highest BCUT2D eigenvalue weighted by molar-refractivity contribution is 6.17. The highest BCUT2D eigenvalue weighted by Crippen LogP contribution is 1.87. The molecule has 0 rings (SSSR count). The van der Waals surface area contributed by atoms with Gasteiger partial charge in [0.05, 0.1) is 132 Å². The maximum absolute atomic E-state index is 10.6. The number of esters is 1. The first-order chi connectivity index (χ1) is 18.3. The van der Waals surface area contributed by atoms with Gasteiger partial charge < -0.3 is 52.1 Å². The van der Waals surface area contributed by atoms with Crippen molar-refractivity contribution in [2.75, 3.05) is 145 Å². The van der Waals surface area contributed by atoms with E-state index >= 15 is 0 Å². The summed E-state index contributed by atoms with van der Waals surface area (Å²) in [6, 6.07) is 0. The minimum Gasteiger partial charge on any atom is -0.463 e. The lowest BCUT2D eigenvalue weighted by Gasteiger charge is -2.09. The molecule has 0 aromatic heterocycles. The molecule has 12 nitrogen and oxygen atoms in total. The van der Waals surface area contributed by atoms with Gasteiger partial charge in [-0.3, -0.25) is 4.79 Å². The molecule has 0 unspecified atom stereocenters. The number of carbonyl (C=O) groups is 1. The summed E-state index contributed by atoms with van der Waals surface area (Å²) in [6.07, 6.45) is 0. The molecule has 0 spiro atoms. The number of alkyl halides is 1. The second kappa shape index (κ2) is 33.4. The fraction of sp³-hybridized carbons (Fsp3) is 0.958. The predicted octanol–water partition coefficient (Wildman–Crippen LogP) is 0.954. The molecule has 222 valence electrons. The van der Waals surface area contributed by atoms with Crippen LogP contribution < -0.4 is 0 Å². The van der Waals surface area contributed by atoms with Gasteiger partial charge in [0.2, 0.25) is 0 Å². The van der Waals surface area contributed by atoms with Crippen LogP contribution in [0.25, 0.3) is 0 Å². The summed E-state index contributed by atoms with van der Waals surface area (Å²) in [5, 5.41) is 0. The molecule has 0 heterocycles. The first-order valence-electron chi connectivity index (χ1n) is 12.7. The van der Waals surface area contributed by atoms with E-state index in [2.05, 4.69) is 0 Å². The molecule has 0 aromatic rings. The zero-order valence-electron chi connectivity index (χ0n) is 22.3. The Kier molecular flexibility index (Phi) is 32.8. The Morgan fingerprint density at radius 2 is 0.568 bits per heavy atom. The summed E-state index contributed by atoms with van der Waals surface area (Å²) >= 11 is 5.50. The first kappa shape index (κ1) is 36.4. The van der Waals surface area contributed by atoms with Crippen molar-refractivity contribution >= 4 is 17.6 Å². The number of halogens is 1. The Bertz CT molecular complexity index is 448. The lowest BCUT2D eigenvalue weighted by molar-refractivity contribution is -0.142. The van der Waals surface area contributed by atoms with Gasteiger partial charge in [0, 0.05) is 12.8 Å². The average Bonchev–Trinajstić information content (AvgIpc) is 2.89. The molecule has 0 saturated carbocycles. The zero-order valence-corrected chi connectivity index (χ0v) is 23.1. The van der Waals surface area contributed by atoms with Crippen LogP contribution in [0.2, 0.25) is 0 Å². The van der Waals surface area contributed by atoms with E-state index in [1.54, 1.807) is 0 Å². The van der Waals surface area contributed by atoms with Crippen molar-refractivity contribution in [3.05, 3.63) is 0 Å². The standard InChI is InChI=1S/C24H47ClO12/c1-24(26)37-23-22-36-21-20-35-19-18-34-17-16-33-15-14-32-13-12-31-11-10-30-9-8-29-7-6-28-5-4-27-3-2-25/h2-23H2,1H3. The van der Waals surface area contributed by atoms with Crippen LogP contribution in [0.3, 0.4) is 0 Å². The quantitative estimate of drug-likeness (QED) is 0.0659. The van der Waals surface area contributed by atoms with E-state index in [-0.39, 0.29) is 12.6 Å². The third-order valence-electron chi connectivity index (χ3n) is 4.10. The Morgan fingerprint density at radius 3 is 0.757 bits per heavy atom. The van der Waals surface area contributed by atoms with Crippen LogP contribution >= 0.6 is 11.6 Å². The van der Waals surface area contributed by atoms with E-state index in [9.17, 15) is 4.79 Å². The van der Waals surface area contributed by atoms with Gasteiger partial charge in [-0.15, -0.1) is 11.6 Å². The van der Waals surface area contributed by atoms with E-state index in [1.165, 1.54) is 6.92 Å². The van der Waals surface area contributed by atoms with Crippen LogP contribution in [-0.4, -0.2) is 151 Å². The fourth-order valence-electron chi connectivity index (χ4n) is 2.38. The van der Waals surface area contributed by atoms with Crippen molar-refractivity contribution in [1.82, 2.24) is 0 Å². The summed E-state index contributed by atoms with van der Waals surface area (Å²) < 4.78 is 58.4. The van der Waals surface area contributed by atoms with Gasteiger partial charge in [-0.25, -0.2) is 0 Å². The average molecular weight is 563 g/mol. The minimum absolute atomic E-state index is 0.260. The van der Waals surface area contributed by atoms with Gasteiger partial charge in [0.15, 0.2) is 0 Å². The second-order valence-corrected chi connectivity index (χ2v) is 7.53. The van der Waals surface area contributed by atoms with Gasteiger partial charge in [0.25, 0.3) is 0 Å². The third kappa shape index (κ3) is 35.4. The number of rotatable bonds is 32. The minimum atomic E-state index is -0.310. The van der Waals surface area contributed by atoms with Crippen molar-refractivity contribution in [2.24, 2.45) is 0 Å². The van der Waals surface area contributed by atoms with Crippen molar-refractivity contribution in [3.63, 3.8) is 0 Å². The van der Waals surface area contributed by atoms with E-state index < -0.39 is 0 Å². The number of carbonyl (C=O) groups excluding carboxylic acids is 1. The third-order valence-corrected chi connectivity index (χ3v) is 4.26. The summed E-state index contributed by atoms with van der Waals surface area (Å²) in [6.45, 7) is 11.6. The van der Waals surface area contributed by atoms with Gasteiger partial charge in [-0.05, 0) is 0 Å². The maximum Gasteiger partial charge on any atom is 0.302 e. The largest absolute Gasteiger partial charge is 0.463 e. The topological polar surface area (TPSA) is 119 Å². The van der Waals surface area contributed by atoms with Crippen LogP contribution in [0.4, 0.5) is 0 Å². The van der Waals surface area contributed by atoms with Crippen molar-refractivity contribution < 1.29 is 56.9 Å². The van der Waals surface area contributed by atoms with Gasteiger partial charge in [0.1, 0.15) is 6.61 Å². The van der Waals surface area contributed by atoms with Crippen molar-refractivity contribution in [3.8, 4) is 0 Å². The molecule has 37 heavy (non-hydrogen) atoms. The summed E-state index contributed by atoms with van der Waals surface area (Å²) in [4.78, 5) is 10.6. The lowest BCUT2D eigenvalue weighted by Crippen LogP contribution is -2.15. The van der Waals surface area contributed by atoms with Crippen LogP contribution in [0.1, 0.15) is 6.92 Å². The zero-order chi connectivity index (χ0) is 26.9. The SMILES string of the molecule is CC(=O)OCCOCCOCCOCCOCCOCCOCCOCCOCCOCCOCCCl. The molecule has 0 aliphatic rings. The lowest BCUT2D eigenvalue weighted by atomic mass is 10.6. The highest BCUT2D eigenvalue weighted by Gasteiger charge is 1.96. The Morgan fingerprint density at radius 1 is 0.378 bits per heavy atom. The molecule has 0 radical (unpaired) electrons. The normalized spacial score (nSPS) is 11.3. The number of hydrogen-bond donors (Lipinski definition) is 0. The molecular weight excluding hydrogens is 516 g/mol. The van der Waals surface area contributed by atoms with Crippen LogP contribution in [0, 0.1) is 0 Å². The molecule has 0 aliphatic heterocycles. The summed E-state index contributed by atoms with van der Waals surface area (Å²) in [5.41, 5.74) is 0. The Balaban J connectivity index is 3.02. The van der Waals surface area contributed by atoms with Crippen LogP contribution in [0.15, 0.2) is 0 Å². The van der Waals surface area contributed by atoms with Crippen LogP contribution in [0.5, 0.6) is 0 Å². The molecular formula is C24H47ClO12. The van der Waals surface area contributed by atoms with E-state index in [1.807, 2.05) is 0 Å².